The molecule has 1 heterocycles. The summed E-state index contributed by atoms with van der Waals surface area (Å²) in [6.07, 6.45) is 0. The number of nitrogens with one attached hydrogen (secondary N) is 1. The predicted octanol–water partition coefficient (Wildman–Crippen LogP) is 2.14. The van der Waals surface area contributed by atoms with Gasteiger partial charge in [-0.2, -0.15) is 0 Å². The van der Waals surface area contributed by atoms with Crippen LogP contribution < -0.4 is 16.0 Å². The van der Waals surface area contributed by atoms with Crippen molar-refractivity contribution >= 4 is 5.82 Å². The molecular formula is C13H16N4O. The first-order valence-corrected chi connectivity index (χ1v) is 5.78. The topological polar surface area (TPSA) is 73.1 Å². The third-order valence-electron chi connectivity index (χ3n) is 2.41. The molecule has 5 heteroatoms. The van der Waals surface area contributed by atoms with Crippen LogP contribution in [0.1, 0.15) is 12.6 Å². The van der Waals surface area contributed by atoms with Gasteiger partial charge in [-0.15, -0.1) is 0 Å². The van der Waals surface area contributed by atoms with Crippen molar-refractivity contribution in [2.24, 2.45) is 5.84 Å². The third kappa shape index (κ3) is 2.75. The molecule has 2 rings (SSSR count). The highest BCUT2D eigenvalue weighted by Gasteiger charge is 2.05. The largest absolute Gasteiger partial charge is 0.494 e. The Balaban J connectivity index is 2.41. The molecule has 0 amide bonds. The van der Waals surface area contributed by atoms with Gasteiger partial charge in [-0.3, -0.25) is 0 Å². The number of hydrogen-bond acceptors (Lipinski definition) is 5. The van der Waals surface area contributed by atoms with E-state index < -0.39 is 0 Å². The first-order valence-electron chi connectivity index (χ1n) is 5.78. The minimum Gasteiger partial charge on any atom is -0.494 e. The average Bonchev–Trinajstić information content (AvgIpc) is 2.39. The van der Waals surface area contributed by atoms with Crippen LogP contribution in [-0.2, 0) is 0 Å². The van der Waals surface area contributed by atoms with Crippen LogP contribution in [0.4, 0.5) is 5.82 Å². The second-order valence-corrected chi connectivity index (χ2v) is 3.82. The van der Waals surface area contributed by atoms with Crippen molar-refractivity contribution in [1.29, 1.82) is 0 Å². The zero-order valence-corrected chi connectivity index (χ0v) is 10.5. The Kier molecular flexibility index (Phi) is 3.74. The Morgan fingerprint density at radius 1 is 1.28 bits per heavy atom. The fourth-order valence-electron chi connectivity index (χ4n) is 1.66. The number of hydrogen-bond donors (Lipinski definition) is 2. The number of benzene rings is 1. The van der Waals surface area contributed by atoms with Gasteiger partial charge in [0.05, 0.1) is 6.61 Å². The van der Waals surface area contributed by atoms with Crippen molar-refractivity contribution in [2.45, 2.75) is 13.8 Å². The van der Waals surface area contributed by atoms with Gasteiger partial charge >= 0.3 is 0 Å². The molecule has 0 aliphatic heterocycles. The third-order valence-corrected chi connectivity index (χ3v) is 2.41. The maximum absolute atomic E-state index is 5.46. The van der Waals surface area contributed by atoms with Crippen LogP contribution in [0.25, 0.3) is 11.4 Å². The summed E-state index contributed by atoms with van der Waals surface area (Å²) >= 11 is 0. The lowest BCUT2D eigenvalue weighted by Crippen LogP contribution is -2.10. The summed E-state index contributed by atoms with van der Waals surface area (Å²) in [5.41, 5.74) is 4.30. The number of nitrogen functional groups attached to an aromatic ring is 1. The average molecular weight is 244 g/mol. The Morgan fingerprint density at radius 3 is 2.83 bits per heavy atom. The van der Waals surface area contributed by atoms with E-state index in [4.69, 9.17) is 10.6 Å². The van der Waals surface area contributed by atoms with Crippen LogP contribution in [0.5, 0.6) is 5.75 Å². The molecule has 0 fully saturated rings. The molecule has 1 aromatic carbocycles. The van der Waals surface area contributed by atoms with Gasteiger partial charge in [0.25, 0.3) is 0 Å². The molecule has 2 aromatic rings. The lowest BCUT2D eigenvalue weighted by atomic mass is 10.2. The summed E-state index contributed by atoms with van der Waals surface area (Å²) in [4.78, 5) is 8.71. The molecule has 0 aliphatic carbocycles. The number of rotatable bonds is 4. The van der Waals surface area contributed by atoms with Gasteiger partial charge in [0.15, 0.2) is 5.82 Å². The summed E-state index contributed by atoms with van der Waals surface area (Å²) in [7, 11) is 0. The fourth-order valence-corrected chi connectivity index (χ4v) is 1.66. The standard InChI is InChI=1S/C13H16N4O/c1-3-18-11-6-4-5-10(8-11)13-15-9(2)7-12(16-13)17-14/h4-8H,3,14H2,1-2H3,(H,15,16,17). The SMILES string of the molecule is CCOc1cccc(-c2nc(C)cc(NN)n2)c1. The second kappa shape index (κ2) is 5.46. The molecule has 0 unspecified atom stereocenters. The highest BCUT2D eigenvalue weighted by molar-refractivity contribution is 5.59. The highest BCUT2D eigenvalue weighted by atomic mass is 16.5. The summed E-state index contributed by atoms with van der Waals surface area (Å²) in [5, 5.41) is 0. The van der Waals surface area contributed by atoms with Crippen molar-refractivity contribution in [3.05, 3.63) is 36.0 Å². The first-order chi connectivity index (χ1) is 8.72. The Bertz CT molecular complexity index is 542. The van der Waals surface area contributed by atoms with Gasteiger partial charge in [0, 0.05) is 17.3 Å². The maximum atomic E-state index is 5.46. The van der Waals surface area contributed by atoms with E-state index in [0.717, 1.165) is 17.0 Å². The Hall–Kier alpha value is -2.14. The monoisotopic (exact) mass is 244 g/mol. The van der Waals surface area contributed by atoms with E-state index in [2.05, 4.69) is 15.4 Å². The smallest absolute Gasteiger partial charge is 0.161 e. The number of hydrazine groups is 1. The fraction of sp³-hybridized carbons (Fsp3) is 0.231. The van der Waals surface area contributed by atoms with Gasteiger partial charge in [0.2, 0.25) is 0 Å². The van der Waals surface area contributed by atoms with Crippen LogP contribution in [0.15, 0.2) is 30.3 Å². The predicted molar refractivity (Wildman–Crippen MR) is 71.2 cm³/mol. The number of nitrogens with two attached hydrogens (primary N) is 1. The van der Waals surface area contributed by atoms with Gasteiger partial charge < -0.3 is 10.2 Å². The number of anilines is 1. The van der Waals surface area contributed by atoms with Crippen molar-refractivity contribution in [1.82, 2.24) is 9.97 Å². The molecule has 0 radical (unpaired) electrons. The van der Waals surface area contributed by atoms with Crippen LogP contribution in [0.2, 0.25) is 0 Å². The Labute approximate surface area is 106 Å². The van der Waals surface area contributed by atoms with E-state index in [1.54, 1.807) is 6.07 Å². The van der Waals surface area contributed by atoms with Crippen molar-refractivity contribution in [3.63, 3.8) is 0 Å². The van der Waals surface area contributed by atoms with E-state index in [0.29, 0.717) is 18.2 Å². The summed E-state index contributed by atoms with van der Waals surface area (Å²) < 4.78 is 5.46. The maximum Gasteiger partial charge on any atom is 0.161 e. The summed E-state index contributed by atoms with van der Waals surface area (Å²) in [6.45, 7) is 4.48. The second-order valence-electron chi connectivity index (χ2n) is 3.82. The van der Waals surface area contributed by atoms with Gasteiger partial charge in [0.1, 0.15) is 11.6 Å². The van der Waals surface area contributed by atoms with Crippen molar-refractivity contribution < 1.29 is 4.74 Å². The van der Waals surface area contributed by atoms with Crippen LogP contribution >= 0.6 is 0 Å². The molecule has 18 heavy (non-hydrogen) atoms. The van der Waals surface area contributed by atoms with Crippen molar-refractivity contribution in [2.75, 3.05) is 12.0 Å². The Morgan fingerprint density at radius 2 is 2.11 bits per heavy atom. The molecule has 1 aromatic heterocycles. The molecule has 0 saturated carbocycles. The molecule has 0 atom stereocenters. The zero-order chi connectivity index (χ0) is 13.0. The van der Waals surface area contributed by atoms with Crippen LogP contribution in [0, 0.1) is 6.92 Å². The minimum absolute atomic E-state index is 0.597. The van der Waals surface area contributed by atoms with E-state index in [1.165, 1.54) is 0 Å². The first kappa shape index (κ1) is 12.3. The highest BCUT2D eigenvalue weighted by Crippen LogP contribution is 2.22. The summed E-state index contributed by atoms with van der Waals surface area (Å²) in [6, 6.07) is 9.47. The summed E-state index contributed by atoms with van der Waals surface area (Å²) in [5.74, 6) is 7.41. The molecule has 0 aliphatic rings. The lowest BCUT2D eigenvalue weighted by Gasteiger charge is -2.07. The van der Waals surface area contributed by atoms with E-state index in [9.17, 15) is 0 Å². The molecule has 0 spiro atoms. The number of aromatic nitrogens is 2. The van der Waals surface area contributed by atoms with Gasteiger partial charge in [-0.05, 0) is 26.0 Å². The van der Waals surface area contributed by atoms with Crippen LogP contribution in [0.3, 0.4) is 0 Å². The number of nitrogens with zero attached hydrogens (tertiary/aromatic N) is 2. The van der Waals surface area contributed by atoms with Crippen molar-refractivity contribution in [3.8, 4) is 17.1 Å². The lowest BCUT2D eigenvalue weighted by molar-refractivity contribution is 0.340. The number of ether oxygens (including phenoxy) is 1. The molecule has 0 bridgehead atoms. The molecule has 0 saturated heterocycles. The normalized spacial score (nSPS) is 10.2. The van der Waals surface area contributed by atoms with Crippen LogP contribution in [-0.4, -0.2) is 16.6 Å². The molecular weight excluding hydrogens is 228 g/mol. The van der Waals surface area contributed by atoms with Gasteiger partial charge in [-0.1, -0.05) is 12.1 Å². The van der Waals surface area contributed by atoms with Gasteiger partial charge in [-0.25, -0.2) is 15.8 Å². The molecule has 5 nitrogen and oxygen atoms in total. The molecule has 3 N–H and O–H groups in total. The number of aryl methyl sites for hydroxylation is 1. The quantitative estimate of drug-likeness (QED) is 0.636. The zero-order valence-electron chi connectivity index (χ0n) is 10.5. The molecule has 94 valence electrons. The van der Waals surface area contributed by atoms with E-state index in [1.807, 2.05) is 38.1 Å². The van der Waals surface area contributed by atoms with E-state index >= 15 is 0 Å². The minimum atomic E-state index is 0.597. The van der Waals surface area contributed by atoms with E-state index in [-0.39, 0.29) is 0 Å².